The zero-order valence-electron chi connectivity index (χ0n) is 13.5. The Balaban J connectivity index is 1.97. The lowest BCUT2D eigenvalue weighted by molar-refractivity contribution is 0.228. The molecule has 1 fully saturated rings. The molecule has 2 atom stereocenters. The van der Waals surface area contributed by atoms with Crippen molar-refractivity contribution >= 4 is 31.6 Å². The van der Waals surface area contributed by atoms with Crippen molar-refractivity contribution in [3.05, 3.63) is 50.9 Å². The molecule has 0 unspecified atom stereocenters. The zero-order chi connectivity index (χ0) is 16.6. The maximum absolute atomic E-state index is 13.3. The highest BCUT2D eigenvalue weighted by molar-refractivity contribution is 9.10. The minimum atomic E-state index is -3.46. The van der Waals surface area contributed by atoms with Gasteiger partial charge in [0, 0.05) is 10.4 Å². The van der Waals surface area contributed by atoms with Crippen molar-refractivity contribution in [2.75, 3.05) is 4.31 Å². The Morgan fingerprint density at radius 1 is 1.30 bits per heavy atom. The topological polar surface area (TPSA) is 37.4 Å². The molecule has 0 saturated carbocycles. The van der Waals surface area contributed by atoms with Crippen LogP contribution < -0.4 is 4.31 Å². The van der Waals surface area contributed by atoms with Crippen molar-refractivity contribution in [3.63, 3.8) is 0 Å². The maximum atomic E-state index is 13.3. The Morgan fingerprint density at radius 3 is 2.78 bits per heavy atom. The van der Waals surface area contributed by atoms with Crippen LogP contribution in [0.4, 0.5) is 5.69 Å². The molecule has 0 amide bonds. The van der Waals surface area contributed by atoms with E-state index in [0.717, 1.165) is 28.6 Å². The van der Waals surface area contributed by atoms with Gasteiger partial charge in [0.2, 0.25) is 0 Å². The van der Waals surface area contributed by atoms with Crippen molar-refractivity contribution < 1.29 is 8.42 Å². The van der Waals surface area contributed by atoms with Gasteiger partial charge in [-0.15, -0.1) is 0 Å². The molecule has 0 spiro atoms. The van der Waals surface area contributed by atoms with Gasteiger partial charge in [-0.05, 0) is 42.9 Å². The lowest BCUT2D eigenvalue weighted by atomic mass is 9.69. The summed E-state index contributed by atoms with van der Waals surface area (Å²) in [4.78, 5) is 0.581. The molecule has 4 rings (SSSR count). The van der Waals surface area contributed by atoms with Crippen LogP contribution in [0.25, 0.3) is 0 Å². The van der Waals surface area contributed by atoms with Crippen molar-refractivity contribution in [2.45, 2.75) is 39.7 Å². The van der Waals surface area contributed by atoms with Crippen LogP contribution >= 0.6 is 15.9 Å². The average Bonchev–Trinajstić information content (AvgIpc) is 2.88. The lowest BCUT2D eigenvalue weighted by Gasteiger charge is -2.49. The van der Waals surface area contributed by atoms with E-state index in [1.807, 2.05) is 24.3 Å². The number of hydrogen-bond acceptors (Lipinski definition) is 2. The minimum absolute atomic E-state index is 0.0319. The van der Waals surface area contributed by atoms with Crippen LogP contribution in [0.15, 0.2) is 45.3 Å². The van der Waals surface area contributed by atoms with Crippen molar-refractivity contribution in [1.82, 2.24) is 0 Å². The second kappa shape index (κ2) is 4.73. The third kappa shape index (κ3) is 1.96. The summed E-state index contributed by atoms with van der Waals surface area (Å²) in [5.74, 6) is -0.0319. The number of allylic oxidation sites excluding steroid dienone is 4. The Hall–Kier alpha value is -1.07. The van der Waals surface area contributed by atoms with Crippen LogP contribution in [-0.4, -0.2) is 14.5 Å². The molecule has 1 aromatic rings. The number of fused-ring (bicyclic) bond motifs is 4. The van der Waals surface area contributed by atoms with Gasteiger partial charge < -0.3 is 0 Å². The number of nitrogens with zero attached hydrogens (tertiary/aromatic N) is 1. The fourth-order valence-electron chi connectivity index (χ4n) is 4.25. The molecule has 2 heterocycles. The normalized spacial score (nSPS) is 30.0. The predicted molar refractivity (Wildman–Crippen MR) is 96.8 cm³/mol. The van der Waals surface area contributed by atoms with Gasteiger partial charge in [0.15, 0.2) is 0 Å². The van der Waals surface area contributed by atoms with Crippen LogP contribution in [0.1, 0.15) is 32.8 Å². The third-order valence-electron chi connectivity index (χ3n) is 5.61. The van der Waals surface area contributed by atoms with Gasteiger partial charge in [-0.1, -0.05) is 53.6 Å². The highest BCUT2D eigenvalue weighted by atomic mass is 79.9. The van der Waals surface area contributed by atoms with E-state index in [1.54, 1.807) is 4.31 Å². The van der Waals surface area contributed by atoms with Crippen LogP contribution in [0.5, 0.6) is 0 Å². The number of rotatable bonds is 0. The molecule has 122 valence electrons. The van der Waals surface area contributed by atoms with Gasteiger partial charge in [-0.2, -0.15) is 0 Å². The number of halogens is 1. The van der Waals surface area contributed by atoms with Gasteiger partial charge >= 0.3 is 0 Å². The number of anilines is 1. The van der Waals surface area contributed by atoms with E-state index in [0.29, 0.717) is 4.91 Å². The summed E-state index contributed by atoms with van der Waals surface area (Å²) in [6.45, 7) is 6.49. The van der Waals surface area contributed by atoms with E-state index < -0.39 is 10.0 Å². The Morgan fingerprint density at radius 2 is 2.04 bits per heavy atom. The molecule has 0 bridgehead atoms. The van der Waals surface area contributed by atoms with E-state index in [9.17, 15) is 8.42 Å². The smallest absolute Gasteiger partial charge is 0.261 e. The number of sulfonamides is 1. The average molecular weight is 394 g/mol. The van der Waals surface area contributed by atoms with Crippen LogP contribution in [-0.2, 0) is 16.4 Å². The van der Waals surface area contributed by atoms with Crippen LogP contribution in [0.3, 0.4) is 0 Å². The van der Waals surface area contributed by atoms with Gasteiger partial charge in [-0.25, -0.2) is 8.42 Å². The molecule has 2 aliphatic heterocycles. The highest BCUT2D eigenvalue weighted by Crippen LogP contribution is 2.55. The Kier molecular flexibility index (Phi) is 3.18. The molecular weight excluding hydrogens is 374 g/mol. The molecule has 3 aliphatic rings. The molecule has 3 nitrogen and oxygen atoms in total. The Bertz CT molecular complexity index is 867. The van der Waals surface area contributed by atoms with Gasteiger partial charge in [-0.3, -0.25) is 4.31 Å². The maximum Gasteiger partial charge on any atom is 0.261 e. The molecule has 5 heteroatoms. The van der Waals surface area contributed by atoms with E-state index in [-0.39, 0.29) is 17.4 Å². The first-order valence-electron chi connectivity index (χ1n) is 7.94. The molecule has 23 heavy (non-hydrogen) atoms. The summed E-state index contributed by atoms with van der Waals surface area (Å²) < 4.78 is 29.3. The van der Waals surface area contributed by atoms with E-state index >= 15 is 0 Å². The molecular formula is C18H20BrNO2S. The molecule has 0 radical (unpaired) electrons. The molecule has 1 aliphatic carbocycles. The number of hydrogen-bond donors (Lipinski definition) is 0. The monoisotopic (exact) mass is 393 g/mol. The summed E-state index contributed by atoms with van der Waals surface area (Å²) >= 11 is 3.59. The third-order valence-corrected chi connectivity index (χ3v) is 8.34. The van der Waals surface area contributed by atoms with E-state index in [2.05, 4.69) is 42.8 Å². The predicted octanol–water partition coefficient (Wildman–Crippen LogP) is 4.40. The first-order chi connectivity index (χ1) is 10.7. The molecule has 0 aromatic heterocycles. The highest BCUT2D eigenvalue weighted by Gasteiger charge is 2.56. The zero-order valence-corrected chi connectivity index (χ0v) is 15.9. The fourth-order valence-corrected chi connectivity index (χ4v) is 7.10. The summed E-state index contributed by atoms with van der Waals surface area (Å²) in [5.41, 5.74) is 3.06. The quantitative estimate of drug-likeness (QED) is 0.612. The second-order valence-corrected chi connectivity index (χ2v) is 10.1. The minimum Gasteiger partial charge on any atom is -0.262 e. The Labute approximate surface area is 146 Å². The van der Waals surface area contributed by atoms with Crippen LogP contribution in [0.2, 0.25) is 0 Å². The van der Waals surface area contributed by atoms with Gasteiger partial charge in [0.1, 0.15) is 0 Å². The van der Waals surface area contributed by atoms with Crippen molar-refractivity contribution in [3.8, 4) is 0 Å². The largest absolute Gasteiger partial charge is 0.262 e. The number of benzene rings is 1. The molecule has 1 saturated heterocycles. The van der Waals surface area contributed by atoms with Crippen molar-refractivity contribution in [2.24, 2.45) is 11.3 Å². The SMILES string of the molecule is CC1=C[C@@H]2C(=CC1)S(=O)(=O)N1c3cccc(Br)c3C[C@@H]1C2(C)C. The summed E-state index contributed by atoms with van der Waals surface area (Å²) in [7, 11) is -3.46. The fraction of sp³-hybridized carbons (Fsp3) is 0.444. The molecule has 1 aromatic carbocycles. The van der Waals surface area contributed by atoms with Gasteiger partial charge in [0.05, 0.1) is 16.6 Å². The van der Waals surface area contributed by atoms with Crippen molar-refractivity contribution in [1.29, 1.82) is 0 Å². The van der Waals surface area contributed by atoms with Crippen LogP contribution in [0, 0.1) is 11.3 Å². The second-order valence-electron chi connectivity index (χ2n) is 7.38. The molecule has 0 N–H and O–H groups in total. The summed E-state index contributed by atoms with van der Waals surface area (Å²) in [6.07, 6.45) is 5.58. The lowest BCUT2D eigenvalue weighted by Crippen LogP contribution is -2.56. The van der Waals surface area contributed by atoms with E-state index in [1.165, 1.54) is 5.57 Å². The standard InChI is InChI=1S/C18H20BrNO2S/c1-11-7-8-16-13(9-11)18(2,3)17-10-12-14(19)5-4-6-15(12)20(17)23(16,21)22/h4-6,8-9,13,17H,7,10H2,1-3H3/t13-,17-/m1/s1. The summed E-state index contributed by atoms with van der Waals surface area (Å²) in [6, 6.07) is 5.80. The summed E-state index contributed by atoms with van der Waals surface area (Å²) in [5, 5.41) is 0. The first kappa shape index (κ1) is 15.5. The first-order valence-corrected chi connectivity index (χ1v) is 10.2. The van der Waals surface area contributed by atoms with Gasteiger partial charge in [0.25, 0.3) is 10.0 Å². The van der Waals surface area contributed by atoms with E-state index in [4.69, 9.17) is 0 Å².